The SMILES string of the molecule is CCNC(=NCCc1ccc(F)cc1)NC(C)C(C)C. The number of rotatable bonds is 6. The Morgan fingerprint density at radius 2 is 1.85 bits per heavy atom. The largest absolute Gasteiger partial charge is 0.357 e. The van der Waals surface area contributed by atoms with Crippen molar-refractivity contribution in [2.75, 3.05) is 13.1 Å². The lowest BCUT2D eigenvalue weighted by Gasteiger charge is -2.20. The van der Waals surface area contributed by atoms with Gasteiger partial charge in [0.05, 0.1) is 0 Å². The van der Waals surface area contributed by atoms with E-state index in [-0.39, 0.29) is 5.82 Å². The number of aliphatic imine (C=N–C) groups is 1. The number of hydrogen-bond acceptors (Lipinski definition) is 1. The second kappa shape index (κ2) is 8.56. The van der Waals surface area contributed by atoms with Gasteiger partial charge in [-0.05, 0) is 43.9 Å². The summed E-state index contributed by atoms with van der Waals surface area (Å²) < 4.78 is 12.8. The van der Waals surface area contributed by atoms with Gasteiger partial charge in [0.1, 0.15) is 5.82 Å². The normalized spacial score (nSPS) is 13.4. The van der Waals surface area contributed by atoms with Crippen molar-refractivity contribution in [2.45, 2.75) is 40.2 Å². The molecule has 0 fully saturated rings. The van der Waals surface area contributed by atoms with E-state index in [0.717, 1.165) is 24.5 Å². The highest BCUT2D eigenvalue weighted by molar-refractivity contribution is 5.80. The molecule has 0 aliphatic heterocycles. The lowest BCUT2D eigenvalue weighted by Crippen LogP contribution is -2.44. The number of halogens is 1. The van der Waals surface area contributed by atoms with E-state index in [1.165, 1.54) is 12.1 Å². The monoisotopic (exact) mass is 279 g/mol. The Balaban J connectivity index is 2.51. The van der Waals surface area contributed by atoms with Crippen LogP contribution in [0.15, 0.2) is 29.3 Å². The van der Waals surface area contributed by atoms with Gasteiger partial charge in [-0.25, -0.2) is 4.39 Å². The molecule has 1 aromatic carbocycles. The van der Waals surface area contributed by atoms with Crippen LogP contribution in [0.5, 0.6) is 0 Å². The molecule has 112 valence electrons. The molecule has 0 saturated carbocycles. The van der Waals surface area contributed by atoms with Crippen LogP contribution in [-0.2, 0) is 6.42 Å². The van der Waals surface area contributed by atoms with Crippen molar-refractivity contribution >= 4 is 5.96 Å². The third-order valence-electron chi connectivity index (χ3n) is 3.29. The predicted octanol–water partition coefficient (Wildman–Crippen LogP) is 2.97. The summed E-state index contributed by atoms with van der Waals surface area (Å²) in [4.78, 5) is 4.55. The second-order valence-electron chi connectivity index (χ2n) is 5.31. The summed E-state index contributed by atoms with van der Waals surface area (Å²) in [6.45, 7) is 10.1. The first-order valence-corrected chi connectivity index (χ1v) is 7.32. The molecule has 1 rings (SSSR count). The summed E-state index contributed by atoms with van der Waals surface area (Å²) in [5.41, 5.74) is 1.10. The van der Waals surface area contributed by atoms with Crippen LogP contribution in [-0.4, -0.2) is 25.1 Å². The van der Waals surface area contributed by atoms with E-state index >= 15 is 0 Å². The maximum absolute atomic E-state index is 12.8. The summed E-state index contributed by atoms with van der Waals surface area (Å²) >= 11 is 0. The van der Waals surface area contributed by atoms with Gasteiger partial charge in [-0.1, -0.05) is 26.0 Å². The van der Waals surface area contributed by atoms with Crippen molar-refractivity contribution in [3.8, 4) is 0 Å². The lowest BCUT2D eigenvalue weighted by molar-refractivity contribution is 0.481. The van der Waals surface area contributed by atoms with Crippen LogP contribution in [0.2, 0.25) is 0 Å². The first kappa shape index (κ1) is 16.5. The minimum absolute atomic E-state index is 0.196. The molecule has 3 nitrogen and oxygen atoms in total. The maximum Gasteiger partial charge on any atom is 0.191 e. The van der Waals surface area contributed by atoms with Gasteiger partial charge in [-0.3, -0.25) is 4.99 Å². The molecule has 2 N–H and O–H groups in total. The smallest absolute Gasteiger partial charge is 0.191 e. The van der Waals surface area contributed by atoms with E-state index < -0.39 is 0 Å². The van der Waals surface area contributed by atoms with Crippen molar-refractivity contribution in [3.63, 3.8) is 0 Å². The molecule has 0 aromatic heterocycles. The predicted molar refractivity (Wildman–Crippen MR) is 83.5 cm³/mol. The molecule has 0 spiro atoms. The Hall–Kier alpha value is -1.58. The molecule has 1 atom stereocenters. The summed E-state index contributed by atoms with van der Waals surface area (Å²) in [6.07, 6.45) is 0.812. The number of nitrogens with one attached hydrogen (secondary N) is 2. The van der Waals surface area contributed by atoms with Crippen molar-refractivity contribution in [1.29, 1.82) is 0 Å². The molecule has 20 heavy (non-hydrogen) atoms. The van der Waals surface area contributed by atoms with Crippen LogP contribution in [0.4, 0.5) is 4.39 Å². The molecule has 0 heterocycles. The van der Waals surface area contributed by atoms with Gasteiger partial charge in [-0.15, -0.1) is 0 Å². The van der Waals surface area contributed by atoms with Gasteiger partial charge >= 0.3 is 0 Å². The summed E-state index contributed by atoms with van der Waals surface area (Å²) in [5, 5.41) is 6.63. The quantitative estimate of drug-likeness (QED) is 0.620. The molecule has 0 aliphatic carbocycles. The van der Waals surface area contributed by atoms with Crippen LogP contribution in [0, 0.1) is 11.7 Å². The standard InChI is InChI=1S/C16H26FN3/c1-5-18-16(20-13(4)12(2)3)19-11-10-14-6-8-15(17)9-7-14/h6-9,12-13H,5,10-11H2,1-4H3,(H2,18,19,20). The number of nitrogens with zero attached hydrogens (tertiary/aromatic N) is 1. The van der Waals surface area contributed by atoms with Crippen molar-refractivity contribution in [1.82, 2.24) is 10.6 Å². The Morgan fingerprint density at radius 1 is 1.20 bits per heavy atom. The van der Waals surface area contributed by atoms with Gasteiger partial charge in [-0.2, -0.15) is 0 Å². The minimum Gasteiger partial charge on any atom is -0.357 e. The molecular weight excluding hydrogens is 253 g/mol. The van der Waals surface area contributed by atoms with Crippen LogP contribution in [0.1, 0.15) is 33.3 Å². The van der Waals surface area contributed by atoms with E-state index in [1.54, 1.807) is 0 Å². The molecule has 0 radical (unpaired) electrons. The highest BCUT2D eigenvalue weighted by Crippen LogP contribution is 2.04. The van der Waals surface area contributed by atoms with E-state index in [2.05, 4.69) is 43.3 Å². The van der Waals surface area contributed by atoms with Gasteiger partial charge in [0, 0.05) is 19.1 Å². The van der Waals surface area contributed by atoms with Crippen LogP contribution in [0.3, 0.4) is 0 Å². The topological polar surface area (TPSA) is 36.4 Å². The Bertz CT molecular complexity index is 412. The van der Waals surface area contributed by atoms with Gasteiger partial charge in [0.25, 0.3) is 0 Å². The zero-order chi connectivity index (χ0) is 15.0. The molecule has 1 aromatic rings. The van der Waals surface area contributed by atoms with E-state index in [9.17, 15) is 4.39 Å². The van der Waals surface area contributed by atoms with Crippen molar-refractivity contribution < 1.29 is 4.39 Å². The van der Waals surface area contributed by atoms with Crippen molar-refractivity contribution in [2.24, 2.45) is 10.9 Å². The van der Waals surface area contributed by atoms with E-state index in [0.29, 0.717) is 18.5 Å². The Labute approximate surface area is 121 Å². The first-order chi connectivity index (χ1) is 9.52. The first-order valence-electron chi connectivity index (χ1n) is 7.32. The molecule has 0 saturated heterocycles. The molecule has 1 unspecified atom stereocenters. The number of benzene rings is 1. The van der Waals surface area contributed by atoms with Gasteiger partial charge < -0.3 is 10.6 Å². The average molecular weight is 279 g/mol. The lowest BCUT2D eigenvalue weighted by atomic mass is 10.1. The Morgan fingerprint density at radius 3 is 2.40 bits per heavy atom. The Kier molecular flexibility index (Phi) is 7.05. The third kappa shape index (κ3) is 6.04. The highest BCUT2D eigenvalue weighted by atomic mass is 19.1. The maximum atomic E-state index is 12.8. The summed E-state index contributed by atoms with van der Waals surface area (Å²) in [7, 11) is 0. The fourth-order valence-electron chi connectivity index (χ4n) is 1.65. The van der Waals surface area contributed by atoms with E-state index in [4.69, 9.17) is 0 Å². The number of guanidine groups is 1. The van der Waals surface area contributed by atoms with Gasteiger partial charge in [0.15, 0.2) is 5.96 Å². The minimum atomic E-state index is -0.196. The molecule has 0 aliphatic rings. The summed E-state index contributed by atoms with van der Waals surface area (Å²) in [5.74, 6) is 1.20. The van der Waals surface area contributed by atoms with Gasteiger partial charge in [0.2, 0.25) is 0 Å². The fraction of sp³-hybridized carbons (Fsp3) is 0.562. The summed E-state index contributed by atoms with van der Waals surface area (Å²) in [6, 6.07) is 6.97. The van der Waals surface area contributed by atoms with Crippen LogP contribution < -0.4 is 10.6 Å². The number of hydrogen-bond donors (Lipinski definition) is 2. The molecule has 4 heteroatoms. The molecule has 0 bridgehead atoms. The van der Waals surface area contributed by atoms with Crippen molar-refractivity contribution in [3.05, 3.63) is 35.6 Å². The zero-order valence-corrected chi connectivity index (χ0v) is 12.9. The van der Waals surface area contributed by atoms with Crippen LogP contribution in [0.25, 0.3) is 0 Å². The third-order valence-corrected chi connectivity index (χ3v) is 3.29. The van der Waals surface area contributed by atoms with Crippen LogP contribution >= 0.6 is 0 Å². The average Bonchev–Trinajstić information content (AvgIpc) is 2.41. The molecule has 0 amide bonds. The highest BCUT2D eigenvalue weighted by Gasteiger charge is 2.08. The van der Waals surface area contributed by atoms with E-state index in [1.807, 2.05) is 12.1 Å². The fourth-order valence-corrected chi connectivity index (χ4v) is 1.65. The second-order valence-corrected chi connectivity index (χ2v) is 5.31. The zero-order valence-electron chi connectivity index (χ0n) is 12.9. The molecular formula is C16H26FN3.